The van der Waals surface area contributed by atoms with Gasteiger partial charge in [0.1, 0.15) is 0 Å². The van der Waals surface area contributed by atoms with Crippen LogP contribution in [-0.4, -0.2) is 16.2 Å². The summed E-state index contributed by atoms with van der Waals surface area (Å²) >= 11 is 0. The number of aromatic nitrogens is 2. The number of hydrogen-bond donors (Lipinski definition) is 1. The zero-order chi connectivity index (χ0) is 9.10. The van der Waals surface area contributed by atoms with Gasteiger partial charge in [0.2, 0.25) is 0 Å². The molecular weight excluding hydrogens is 162 g/mol. The molecular formula is C10H15N3. The molecule has 1 heterocycles. The predicted molar refractivity (Wildman–Crippen MR) is 51.1 cm³/mol. The normalized spacial score (nSPS) is 26.8. The van der Waals surface area contributed by atoms with Gasteiger partial charge in [0, 0.05) is 18.8 Å². The van der Waals surface area contributed by atoms with E-state index >= 15 is 0 Å². The van der Waals surface area contributed by atoms with Crippen LogP contribution in [-0.2, 0) is 6.54 Å². The van der Waals surface area contributed by atoms with Gasteiger partial charge in [0.25, 0.3) is 0 Å². The van der Waals surface area contributed by atoms with Crippen LogP contribution in [0.1, 0.15) is 25.5 Å². The average molecular weight is 177 g/mol. The van der Waals surface area contributed by atoms with Gasteiger partial charge < -0.3 is 5.32 Å². The minimum atomic E-state index is 0.706. The number of hydrogen-bond acceptors (Lipinski definition) is 3. The van der Waals surface area contributed by atoms with Crippen molar-refractivity contribution in [3.8, 4) is 0 Å². The van der Waals surface area contributed by atoms with E-state index in [4.69, 9.17) is 0 Å². The van der Waals surface area contributed by atoms with E-state index in [0.717, 1.165) is 18.2 Å². The second-order valence-corrected chi connectivity index (χ2v) is 3.87. The second kappa shape index (κ2) is 3.83. The molecule has 0 amide bonds. The van der Waals surface area contributed by atoms with Crippen LogP contribution in [0.5, 0.6) is 0 Å². The molecule has 1 fully saturated rings. The summed E-state index contributed by atoms with van der Waals surface area (Å²) in [4.78, 5) is 0. The molecule has 1 N–H and O–H groups in total. The molecule has 0 atom stereocenters. The first-order valence-corrected chi connectivity index (χ1v) is 4.84. The van der Waals surface area contributed by atoms with E-state index in [2.05, 4.69) is 22.4 Å². The fourth-order valence-electron chi connectivity index (χ4n) is 1.75. The van der Waals surface area contributed by atoms with Gasteiger partial charge in [0.05, 0.1) is 5.69 Å². The molecule has 0 aromatic carbocycles. The van der Waals surface area contributed by atoms with Gasteiger partial charge in [-0.2, -0.15) is 10.2 Å². The molecule has 0 saturated heterocycles. The Morgan fingerprint density at radius 2 is 2.38 bits per heavy atom. The van der Waals surface area contributed by atoms with E-state index in [9.17, 15) is 0 Å². The summed E-state index contributed by atoms with van der Waals surface area (Å²) in [6.07, 6.45) is 4.31. The molecule has 0 spiro atoms. The Balaban J connectivity index is 1.74. The SMILES string of the molecule is CC1CC(NCc2cccnn2)C1. The minimum Gasteiger partial charge on any atom is -0.308 e. The van der Waals surface area contributed by atoms with Crippen molar-refractivity contribution in [1.29, 1.82) is 0 Å². The first-order chi connectivity index (χ1) is 6.34. The van der Waals surface area contributed by atoms with Crippen molar-refractivity contribution in [2.45, 2.75) is 32.4 Å². The first-order valence-electron chi connectivity index (χ1n) is 4.84. The van der Waals surface area contributed by atoms with Crippen LogP contribution in [0.15, 0.2) is 18.3 Å². The third kappa shape index (κ3) is 2.25. The van der Waals surface area contributed by atoms with Crippen LogP contribution in [0.2, 0.25) is 0 Å². The molecule has 3 nitrogen and oxygen atoms in total. The van der Waals surface area contributed by atoms with E-state index in [1.807, 2.05) is 12.1 Å². The zero-order valence-electron chi connectivity index (χ0n) is 7.90. The van der Waals surface area contributed by atoms with Crippen molar-refractivity contribution < 1.29 is 0 Å². The van der Waals surface area contributed by atoms with Gasteiger partial charge in [-0.1, -0.05) is 6.92 Å². The fraction of sp³-hybridized carbons (Fsp3) is 0.600. The second-order valence-electron chi connectivity index (χ2n) is 3.87. The summed E-state index contributed by atoms with van der Waals surface area (Å²) in [5, 5.41) is 11.3. The van der Waals surface area contributed by atoms with Crippen molar-refractivity contribution in [2.24, 2.45) is 5.92 Å². The van der Waals surface area contributed by atoms with Gasteiger partial charge in [-0.05, 0) is 30.9 Å². The van der Waals surface area contributed by atoms with Crippen molar-refractivity contribution >= 4 is 0 Å². The van der Waals surface area contributed by atoms with E-state index in [0.29, 0.717) is 6.04 Å². The van der Waals surface area contributed by atoms with Gasteiger partial charge in [0.15, 0.2) is 0 Å². The monoisotopic (exact) mass is 177 g/mol. The van der Waals surface area contributed by atoms with Gasteiger partial charge in [-0.15, -0.1) is 0 Å². The summed E-state index contributed by atoms with van der Waals surface area (Å²) in [5.74, 6) is 0.902. The van der Waals surface area contributed by atoms with E-state index in [1.54, 1.807) is 6.20 Å². The quantitative estimate of drug-likeness (QED) is 0.757. The standard InChI is InChI=1S/C10H15N3/c1-8-5-10(6-8)11-7-9-3-2-4-12-13-9/h2-4,8,10-11H,5-7H2,1H3. The molecule has 2 rings (SSSR count). The van der Waals surface area contributed by atoms with Crippen molar-refractivity contribution in [2.75, 3.05) is 0 Å². The topological polar surface area (TPSA) is 37.8 Å². The summed E-state index contributed by atoms with van der Waals surface area (Å²) < 4.78 is 0. The van der Waals surface area contributed by atoms with Crippen LogP contribution in [0.3, 0.4) is 0 Å². The summed E-state index contributed by atoms with van der Waals surface area (Å²) in [6, 6.07) is 4.63. The van der Waals surface area contributed by atoms with Crippen LogP contribution in [0, 0.1) is 5.92 Å². The molecule has 1 saturated carbocycles. The third-order valence-corrected chi connectivity index (χ3v) is 2.57. The maximum Gasteiger partial charge on any atom is 0.0769 e. The fourth-order valence-corrected chi connectivity index (χ4v) is 1.75. The molecule has 3 heteroatoms. The lowest BCUT2D eigenvalue weighted by molar-refractivity contribution is 0.239. The average Bonchev–Trinajstić information content (AvgIpc) is 2.12. The Morgan fingerprint density at radius 3 is 3.00 bits per heavy atom. The van der Waals surface area contributed by atoms with Crippen LogP contribution < -0.4 is 5.32 Å². The highest BCUT2D eigenvalue weighted by Gasteiger charge is 2.24. The number of nitrogens with one attached hydrogen (secondary N) is 1. The summed E-state index contributed by atoms with van der Waals surface area (Å²) in [5.41, 5.74) is 1.03. The lowest BCUT2D eigenvalue weighted by atomic mass is 9.82. The number of rotatable bonds is 3. The van der Waals surface area contributed by atoms with Crippen molar-refractivity contribution in [3.63, 3.8) is 0 Å². The van der Waals surface area contributed by atoms with Crippen LogP contribution in [0.4, 0.5) is 0 Å². The Morgan fingerprint density at radius 1 is 1.54 bits per heavy atom. The van der Waals surface area contributed by atoms with Crippen LogP contribution in [0.25, 0.3) is 0 Å². The molecule has 0 unspecified atom stereocenters. The van der Waals surface area contributed by atoms with Crippen molar-refractivity contribution in [3.05, 3.63) is 24.0 Å². The summed E-state index contributed by atoms with van der Waals surface area (Å²) in [6.45, 7) is 3.14. The molecule has 0 radical (unpaired) electrons. The van der Waals surface area contributed by atoms with Crippen molar-refractivity contribution in [1.82, 2.24) is 15.5 Å². The van der Waals surface area contributed by atoms with Crippen LogP contribution >= 0.6 is 0 Å². The molecule has 13 heavy (non-hydrogen) atoms. The third-order valence-electron chi connectivity index (χ3n) is 2.57. The molecule has 0 aliphatic heterocycles. The molecule has 1 aliphatic carbocycles. The first kappa shape index (κ1) is 8.63. The number of nitrogens with zero attached hydrogens (tertiary/aromatic N) is 2. The molecule has 1 aliphatic rings. The Bertz CT molecular complexity index is 254. The van der Waals surface area contributed by atoms with E-state index in [-0.39, 0.29) is 0 Å². The lowest BCUT2D eigenvalue weighted by Gasteiger charge is -2.33. The van der Waals surface area contributed by atoms with Gasteiger partial charge in [-0.3, -0.25) is 0 Å². The minimum absolute atomic E-state index is 0.706. The Labute approximate surface area is 78.6 Å². The highest BCUT2D eigenvalue weighted by molar-refractivity contribution is 4.99. The largest absolute Gasteiger partial charge is 0.308 e. The Kier molecular flexibility index (Phi) is 2.54. The maximum absolute atomic E-state index is 4.02. The predicted octanol–water partition coefficient (Wildman–Crippen LogP) is 1.36. The molecule has 1 aromatic rings. The zero-order valence-corrected chi connectivity index (χ0v) is 7.90. The maximum atomic E-state index is 4.02. The van der Waals surface area contributed by atoms with Gasteiger partial charge in [-0.25, -0.2) is 0 Å². The highest BCUT2D eigenvalue weighted by atomic mass is 15.1. The van der Waals surface area contributed by atoms with E-state index in [1.165, 1.54) is 12.8 Å². The Hall–Kier alpha value is -0.960. The summed E-state index contributed by atoms with van der Waals surface area (Å²) in [7, 11) is 0. The lowest BCUT2D eigenvalue weighted by Crippen LogP contribution is -2.39. The smallest absolute Gasteiger partial charge is 0.0769 e. The molecule has 70 valence electrons. The highest BCUT2D eigenvalue weighted by Crippen LogP contribution is 2.26. The molecule has 1 aromatic heterocycles. The van der Waals surface area contributed by atoms with Gasteiger partial charge >= 0.3 is 0 Å². The van der Waals surface area contributed by atoms with E-state index < -0.39 is 0 Å². The molecule has 0 bridgehead atoms.